The third kappa shape index (κ3) is 5.06. The molecule has 27 heavy (non-hydrogen) atoms. The summed E-state index contributed by atoms with van der Waals surface area (Å²) >= 11 is 6.03. The maximum absolute atomic E-state index is 13.0. The molecular formula is C19H17ClFN3O3. The number of benzene rings is 2. The second-order valence-electron chi connectivity index (χ2n) is 5.80. The van der Waals surface area contributed by atoms with E-state index in [9.17, 15) is 14.5 Å². The largest absolute Gasteiger partial charge is 0.460 e. The predicted octanol–water partition coefficient (Wildman–Crippen LogP) is 4.85. The number of furan rings is 1. The third-order valence-corrected chi connectivity index (χ3v) is 4.18. The van der Waals surface area contributed by atoms with E-state index in [1.165, 1.54) is 24.3 Å². The van der Waals surface area contributed by atoms with Crippen molar-refractivity contribution >= 4 is 23.0 Å². The molecule has 0 radical (unpaired) electrons. The molecule has 0 bridgehead atoms. The van der Waals surface area contributed by atoms with Gasteiger partial charge >= 0.3 is 0 Å². The molecule has 0 amide bonds. The first-order chi connectivity index (χ1) is 13.0. The molecule has 3 rings (SSSR count). The van der Waals surface area contributed by atoms with Crippen LogP contribution in [0.25, 0.3) is 11.3 Å². The number of nitrogens with one attached hydrogen (secondary N) is 2. The van der Waals surface area contributed by atoms with Gasteiger partial charge in [0.25, 0.3) is 5.69 Å². The van der Waals surface area contributed by atoms with Crippen molar-refractivity contribution in [3.8, 4) is 11.3 Å². The second-order valence-corrected chi connectivity index (χ2v) is 6.20. The highest BCUT2D eigenvalue weighted by atomic mass is 35.5. The van der Waals surface area contributed by atoms with Gasteiger partial charge in [0, 0.05) is 30.8 Å². The van der Waals surface area contributed by atoms with Crippen LogP contribution in [-0.4, -0.2) is 18.0 Å². The normalized spacial score (nSPS) is 10.7. The van der Waals surface area contributed by atoms with Crippen LogP contribution < -0.4 is 10.6 Å². The number of nitro benzene ring substituents is 1. The first-order valence-electron chi connectivity index (χ1n) is 8.26. The van der Waals surface area contributed by atoms with Gasteiger partial charge in [-0.25, -0.2) is 4.39 Å². The molecule has 2 aromatic carbocycles. The Labute approximate surface area is 160 Å². The molecular weight excluding hydrogens is 373 g/mol. The number of hydrogen-bond donors (Lipinski definition) is 2. The molecule has 0 aliphatic rings. The summed E-state index contributed by atoms with van der Waals surface area (Å²) in [7, 11) is 0. The van der Waals surface area contributed by atoms with Crippen molar-refractivity contribution in [1.82, 2.24) is 5.32 Å². The average Bonchev–Trinajstić information content (AvgIpc) is 3.12. The van der Waals surface area contributed by atoms with Crippen LogP contribution in [0.4, 0.5) is 15.8 Å². The summed E-state index contributed by atoms with van der Waals surface area (Å²) in [6.07, 6.45) is 0. The van der Waals surface area contributed by atoms with Crippen molar-refractivity contribution in [2.75, 3.05) is 18.4 Å². The second kappa shape index (κ2) is 8.66. The van der Waals surface area contributed by atoms with E-state index >= 15 is 0 Å². The van der Waals surface area contributed by atoms with Crippen LogP contribution in [0.15, 0.2) is 59.0 Å². The lowest BCUT2D eigenvalue weighted by Crippen LogP contribution is -2.21. The number of nitrogens with zero attached hydrogens (tertiary/aromatic N) is 1. The van der Waals surface area contributed by atoms with Gasteiger partial charge in [-0.05, 0) is 42.5 Å². The van der Waals surface area contributed by atoms with E-state index in [1.807, 2.05) is 12.1 Å². The topological polar surface area (TPSA) is 80.3 Å². The zero-order valence-corrected chi connectivity index (χ0v) is 15.0. The van der Waals surface area contributed by atoms with Gasteiger partial charge in [-0.15, -0.1) is 0 Å². The summed E-state index contributed by atoms with van der Waals surface area (Å²) < 4.78 is 18.7. The molecule has 0 unspecified atom stereocenters. The Kier molecular flexibility index (Phi) is 6.05. The molecule has 0 aliphatic heterocycles. The van der Waals surface area contributed by atoms with Crippen molar-refractivity contribution in [1.29, 1.82) is 0 Å². The molecule has 0 fully saturated rings. The van der Waals surface area contributed by atoms with Crippen molar-refractivity contribution in [3.63, 3.8) is 0 Å². The summed E-state index contributed by atoms with van der Waals surface area (Å²) in [6.45, 7) is 1.76. The van der Waals surface area contributed by atoms with Gasteiger partial charge in [0.15, 0.2) is 0 Å². The molecule has 0 saturated heterocycles. The van der Waals surface area contributed by atoms with Gasteiger partial charge in [0.05, 0.1) is 22.2 Å². The summed E-state index contributed by atoms with van der Waals surface area (Å²) in [5, 5.41) is 17.3. The molecule has 0 atom stereocenters. The molecule has 1 heterocycles. The van der Waals surface area contributed by atoms with Crippen LogP contribution in [0.3, 0.4) is 0 Å². The highest BCUT2D eigenvalue weighted by Gasteiger charge is 2.09. The standard InChI is InChI=1S/C19H17ClFN3O3/c20-17-11-15(24(25)26)5-7-18(17)23-10-9-22-12-16-6-8-19(27-16)13-1-3-14(21)4-2-13/h1-8,11,22-23H,9-10,12H2. The quantitative estimate of drug-likeness (QED) is 0.327. The lowest BCUT2D eigenvalue weighted by Gasteiger charge is -2.08. The molecule has 1 aromatic heterocycles. The summed E-state index contributed by atoms with van der Waals surface area (Å²) in [5.74, 6) is 1.16. The first-order valence-corrected chi connectivity index (χ1v) is 8.64. The minimum atomic E-state index is -0.485. The Morgan fingerprint density at radius 3 is 2.56 bits per heavy atom. The number of rotatable bonds is 8. The zero-order chi connectivity index (χ0) is 19.2. The van der Waals surface area contributed by atoms with E-state index in [-0.39, 0.29) is 11.5 Å². The van der Waals surface area contributed by atoms with Gasteiger partial charge in [-0.2, -0.15) is 0 Å². The molecule has 2 N–H and O–H groups in total. The molecule has 8 heteroatoms. The fraction of sp³-hybridized carbons (Fsp3) is 0.158. The Balaban J connectivity index is 1.44. The maximum atomic E-state index is 13.0. The van der Waals surface area contributed by atoms with Crippen LogP contribution in [0.1, 0.15) is 5.76 Å². The molecule has 0 aliphatic carbocycles. The van der Waals surface area contributed by atoms with E-state index in [0.29, 0.717) is 36.1 Å². The molecule has 0 spiro atoms. The summed E-state index contributed by atoms with van der Waals surface area (Å²) in [4.78, 5) is 10.2. The Hall–Kier alpha value is -2.90. The molecule has 140 valence electrons. The minimum Gasteiger partial charge on any atom is -0.460 e. The van der Waals surface area contributed by atoms with E-state index in [0.717, 1.165) is 11.3 Å². The predicted molar refractivity (Wildman–Crippen MR) is 102 cm³/mol. The van der Waals surface area contributed by atoms with Crippen LogP contribution >= 0.6 is 11.6 Å². The SMILES string of the molecule is O=[N+]([O-])c1ccc(NCCNCc2ccc(-c3ccc(F)cc3)o2)c(Cl)c1. The molecule has 6 nitrogen and oxygen atoms in total. The zero-order valence-electron chi connectivity index (χ0n) is 14.2. The van der Waals surface area contributed by atoms with Gasteiger partial charge in [-0.1, -0.05) is 11.6 Å². The van der Waals surface area contributed by atoms with E-state index in [2.05, 4.69) is 10.6 Å². The van der Waals surface area contributed by atoms with E-state index < -0.39 is 4.92 Å². The number of non-ortho nitro benzene ring substituents is 1. The van der Waals surface area contributed by atoms with E-state index in [4.69, 9.17) is 16.0 Å². The van der Waals surface area contributed by atoms with Crippen molar-refractivity contribution < 1.29 is 13.7 Å². The Bertz CT molecular complexity index is 928. The van der Waals surface area contributed by atoms with Crippen molar-refractivity contribution in [3.05, 3.63) is 81.3 Å². The molecule has 0 saturated carbocycles. The van der Waals surface area contributed by atoms with Crippen LogP contribution in [0.2, 0.25) is 5.02 Å². The number of anilines is 1. The summed E-state index contributed by atoms with van der Waals surface area (Å²) in [6, 6.07) is 14.1. The van der Waals surface area contributed by atoms with Crippen LogP contribution in [-0.2, 0) is 6.54 Å². The van der Waals surface area contributed by atoms with Crippen LogP contribution in [0, 0.1) is 15.9 Å². The van der Waals surface area contributed by atoms with Gasteiger partial charge in [-0.3, -0.25) is 10.1 Å². The first kappa shape index (κ1) is 18.9. The fourth-order valence-corrected chi connectivity index (χ4v) is 2.74. The van der Waals surface area contributed by atoms with Crippen LogP contribution in [0.5, 0.6) is 0 Å². The van der Waals surface area contributed by atoms with Gasteiger partial charge in [0.1, 0.15) is 17.3 Å². The summed E-state index contributed by atoms with van der Waals surface area (Å²) in [5.41, 5.74) is 1.41. The highest BCUT2D eigenvalue weighted by molar-refractivity contribution is 6.33. The highest BCUT2D eigenvalue weighted by Crippen LogP contribution is 2.26. The van der Waals surface area contributed by atoms with Crippen molar-refractivity contribution in [2.24, 2.45) is 0 Å². The average molecular weight is 390 g/mol. The number of hydrogen-bond acceptors (Lipinski definition) is 5. The number of halogens is 2. The lowest BCUT2D eigenvalue weighted by atomic mass is 10.2. The fourth-order valence-electron chi connectivity index (χ4n) is 2.50. The lowest BCUT2D eigenvalue weighted by molar-refractivity contribution is -0.384. The monoisotopic (exact) mass is 389 g/mol. The Morgan fingerprint density at radius 2 is 1.85 bits per heavy atom. The number of nitro groups is 1. The third-order valence-electron chi connectivity index (χ3n) is 3.87. The maximum Gasteiger partial charge on any atom is 0.271 e. The van der Waals surface area contributed by atoms with E-state index in [1.54, 1.807) is 18.2 Å². The minimum absolute atomic E-state index is 0.0431. The van der Waals surface area contributed by atoms with Gasteiger partial charge in [0.2, 0.25) is 0 Å². The smallest absolute Gasteiger partial charge is 0.271 e. The Morgan fingerprint density at radius 1 is 1.07 bits per heavy atom. The van der Waals surface area contributed by atoms with Crippen molar-refractivity contribution in [2.45, 2.75) is 6.54 Å². The van der Waals surface area contributed by atoms with Gasteiger partial charge < -0.3 is 15.1 Å². The molecule has 3 aromatic rings.